The van der Waals surface area contributed by atoms with Crippen LogP contribution in [0.2, 0.25) is 0 Å². The molecule has 1 aliphatic heterocycles. The van der Waals surface area contributed by atoms with Gasteiger partial charge >= 0.3 is 6.18 Å². The molecule has 0 aliphatic carbocycles. The number of nitrogens with zero attached hydrogens (tertiary/aromatic N) is 3. The standard InChI is InChI=1S/C18H26F3N5O/c1-13(18(19,20)21)25-7-9-26(10-8-25)17(22-3)23-12-15-5-4-6-16(11-15)24-14(2)27/h4-6,11,13H,7-10,12H2,1-3H3,(H,22,23)(H,24,27). The summed E-state index contributed by atoms with van der Waals surface area (Å²) in [5.74, 6) is 0.515. The third-order valence-electron chi connectivity index (χ3n) is 4.55. The van der Waals surface area contributed by atoms with Crippen LogP contribution in [0.1, 0.15) is 19.4 Å². The summed E-state index contributed by atoms with van der Waals surface area (Å²) in [4.78, 5) is 18.8. The molecule has 1 unspecified atom stereocenters. The zero-order valence-electron chi connectivity index (χ0n) is 15.8. The van der Waals surface area contributed by atoms with Crippen LogP contribution in [0.15, 0.2) is 29.3 Å². The van der Waals surface area contributed by atoms with Crippen LogP contribution in [0.5, 0.6) is 0 Å². The molecule has 2 rings (SSSR count). The van der Waals surface area contributed by atoms with Gasteiger partial charge in [-0.05, 0) is 24.6 Å². The van der Waals surface area contributed by atoms with Crippen LogP contribution in [-0.4, -0.2) is 67.1 Å². The molecule has 1 aromatic carbocycles. The normalized spacial score (nSPS) is 17.6. The van der Waals surface area contributed by atoms with Crippen LogP contribution in [0.25, 0.3) is 0 Å². The molecule has 2 N–H and O–H groups in total. The second-order valence-corrected chi connectivity index (χ2v) is 6.52. The van der Waals surface area contributed by atoms with E-state index in [9.17, 15) is 18.0 Å². The van der Waals surface area contributed by atoms with Crippen molar-refractivity contribution in [3.8, 4) is 0 Å². The van der Waals surface area contributed by atoms with E-state index in [-0.39, 0.29) is 5.91 Å². The maximum absolute atomic E-state index is 12.9. The van der Waals surface area contributed by atoms with Gasteiger partial charge in [0.15, 0.2) is 5.96 Å². The maximum atomic E-state index is 12.9. The number of hydrogen-bond donors (Lipinski definition) is 2. The second-order valence-electron chi connectivity index (χ2n) is 6.52. The molecule has 1 amide bonds. The summed E-state index contributed by atoms with van der Waals surface area (Å²) in [6, 6.07) is 6.01. The summed E-state index contributed by atoms with van der Waals surface area (Å²) in [6.45, 7) is 4.77. The van der Waals surface area contributed by atoms with Gasteiger partial charge in [-0.2, -0.15) is 13.2 Å². The molecular formula is C18H26F3N5O. The Bertz CT molecular complexity index is 669. The summed E-state index contributed by atoms with van der Waals surface area (Å²) in [5.41, 5.74) is 1.68. The number of hydrogen-bond acceptors (Lipinski definition) is 3. The number of carbonyl (C=O) groups is 1. The number of aliphatic imine (C=N–C) groups is 1. The summed E-state index contributed by atoms with van der Waals surface area (Å²) in [5, 5.41) is 5.97. The molecule has 1 saturated heterocycles. The lowest BCUT2D eigenvalue weighted by atomic mass is 10.2. The first-order valence-corrected chi connectivity index (χ1v) is 8.83. The number of rotatable bonds is 4. The summed E-state index contributed by atoms with van der Waals surface area (Å²) >= 11 is 0. The predicted octanol–water partition coefficient (Wildman–Crippen LogP) is 2.29. The van der Waals surface area contributed by atoms with E-state index in [1.54, 1.807) is 13.1 Å². The van der Waals surface area contributed by atoms with Crippen molar-refractivity contribution in [1.29, 1.82) is 0 Å². The van der Waals surface area contributed by atoms with Crippen molar-refractivity contribution in [1.82, 2.24) is 15.1 Å². The van der Waals surface area contributed by atoms with Crippen LogP contribution in [-0.2, 0) is 11.3 Å². The first-order chi connectivity index (χ1) is 12.7. The number of benzene rings is 1. The van der Waals surface area contributed by atoms with Crippen molar-refractivity contribution >= 4 is 17.6 Å². The van der Waals surface area contributed by atoms with Crippen molar-refractivity contribution in [2.75, 3.05) is 38.5 Å². The number of alkyl halides is 3. The molecule has 150 valence electrons. The number of piperazine rings is 1. The number of anilines is 1. The van der Waals surface area contributed by atoms with Crippen molar-refractivity contribution in [3.05, 3.63) is 29.8 Å². The SMILES string of the molecule is CN=C(NCc1cccc(NC(C)=O)c1)N1CCN(C(C)C(F)(F)F)CC1. The Morgan fingerprint density at radius 3 is 2.48 bits per heavy atom. The smallest absolute Gasteiger partial charge is 0.352 e. The van der Waals surface area contributed by atoms with Gasteiger partial charge in [0.05, 0.1) is 0 Å². The Balaban J connectivity index is 1.89. The number of amides is 1. The Labute approximate surface area is 157 Å². The largest absolute Gasteiger partial charge is 0.403 e. The zero-order chi connectivity index (χ0) is 20.0. The molecule has 0 bridgehead atoms. The van der Waals surface area contributed by atoms with E-state index in [2.05, 4.69) is 15.6 Å². The highest BCUT2D eigenvalue weighted by Gasteiger charge is 2.41. The van der Waals surface area contributed by atoms with Crippen molar-refractivity contribution < 1.29 is 18.0 Å². The first kappa shape index (κ1) is 21.0. The number of nitrogens with one attached hydrogen (secondary N) is 2. The minimum atomic E-state index is -4.21. The Morgan fingerprint density at radius 1 is 1.26 bits per heavy atom. The lowest BCUT2D eigenvalue weighted by Gasteiger charge is -2.39. The van der Waals surface area contributed by atoms with Crippen molar-refractivity contribution in [3.63, 3.8) is 0 Å². The number of guanidine groups is 1. The quantitative estimate of drug-likeness (QED) is 0.617. The molecule has 1 aromatic rings. The zero-order valence-corrected chi connectivity index (χ0v) is 15.8. The molecule has 1 heterocycles. The topological polar surface area (TPSA) is 60.0 Å². The van der Waals surface area contributed by atoms with E-state index in [0.717, 1.165) is 5.56 Å². The van der Waals surface area contributed by atoms with Crippen molar-refractivity contribution in [2.24, 2.45) is 4.99 Å². The van der Waals surface area contributed by atoms with Gasteiger partial charge in [0.25, 0.3) is 0 Å². The minimum absolute atomic E-state index is 0.137. The van der Waals surface area contributed by atoms with E-state index >= 15 is 0 Å². The molecule has 1 fully saturated rings. The van der Waals surface area contributed by atoms with Crippen molar-refractivity contribution in [2.45, 2.75) is 32.6 Å². The third kappa shape index (κ3) is 6.13. The Kier molecular flexibility index (Phi) is 7.06. The fraction of sp³-hybridized carbons (Fsp3) is 0.556. The number of halogens is 3. The van der Waals surface area contributed by atoms with E-state index in [0.29, 0.717) is 44.4 Å². The fourth-order valence-electron chi connectivity index (χ4n) is 3.00. The van der Waals surface area contributed by atoms with E-state index in [1.807, 2.05) is 23.1 Å². The molecule has 0 saturated carbocycles. The first-order valence-electron chi connectivity index (χ1n) is 8.83. The molecule has 0 aromatic heterocycles. The van der Waals surface area contributed by atoms with Gasteiger partial charge in [-0.1, -0.05) is 12.1 Å². The monoisotopic (exact) mass is 385 g/mol. The summed E-state index contributed by atoms with van der Waals surface area (Å²) < 4.78 is 38.6. The highest BCUT2D eigenvalue weighted by Crippen LogP contribution is 2.25. The Morgan fingerprint density at radius 2 is 1.93 bits per heavy atom. The maximum Gasteiger partial charge on any atom is 0.403 e. The van der Waals surface area contributed by atoms with Crippen LogP contribution < -0.4 is 10.6 Å². The van der Waals surface area contributed by atoms with Gasteiger partial charge in [-0.25, -0.2) is 0 Å². The number of carbonyl (C=O) groups excluding carboxylic acids is 1. The fourth-order valence-corrected chi connectivity index (χ4v) is 3.00. The second kappa shape index (κ2) is 9.07. The Hall–Kier alpha value is -2.29. The molecule has 6 nitrogen and oxygen atoms in total. The lowest BCUT2D eigenvalue weighted by molar-refractivity contribution is -0.181. The van der Waals surface area contributed by atoms with Gasteiger partial charge in [0.2, 0.25) is 5.91 Å². The average Bonchev–Trinajstić information content (AvgIpc) is 2.61. The van der Waals surface area contributed by atoms with E-state index in [1.165, 1.54) is 18.7 Å². The highest BCUT2D eigenvalue weighted by atomic mass is 19.4. The van der Waals surface area contributed by atoms with Crippen LogP contribution in [0, 0.1) is 0 Å². The van der Waals surface area contributed by atoms with Gasteiger partial charge in [-0.3, -0.25) is 14.7 Å². The minimum Gasteiger partial charge on any atom is -0.352 e. The summed E-state index contributed by atoms with van der Waals surface area (Å²) in [6.07, 6.45) is -4.21. The van der Waals surface area contributed by atoms with Crippen LogP contribution in [0.4, 0.5) is 18.9 Å². The molecule has 0 spiro atoms. The van der Waals surface area contributed by atoms with Crippen LogP contribution in [0.3, 0.4) is 0 Å². The molecule has 9 heteroatoms. The van der Waals surface area contributed by atoms with E-state index in [4.69, 9.17) is 0 Å². The molecule has 0 radical (unpaired) electrons. The molecule has 27 heavy (non-hydrogen) atoms. The average molecular weight is 385 g/mol. The molecule has 1 aliphatic rings. The third-order valence-corrected chi connectivity index (χ3v) is 4.55. The van der Waals surface area contributed by atoms with Crippen LogP contribution >= 0.6 is 0 Å². The summed E-state index contributed by atoms with van der Waals surface area (Å²) in [7, 11) is 1.65. The highest BCUT2D eigenvalue weighted by molar-refractivity contribution is 5.88. The molecular weight excluding hydrogens is 359 g/mol. The lowest BCUT2D eigenvalue weighted by Crippen LogP contribution is -2.56. The van der Waals surface area contributed by atoms with E-state index < -0.39 is 12.2 Å². The van der Waals surface area contributed by atoms with Gasteiger partial charge in [0.1, 0.15) is 6.04 Å². The molecule has 1 atom stereocenters. The van der Waals surface area contributed by atoms with Gasteiger partial charge in [0, 0.05) is 52.4 Å². The van der Waals surface area contributed by atoms with Gasteiger partial charge in [-0.15, -0.1) is 0 Å². The predicted molar refractivity (Wildman–Crippen MR) is 99.6 cm³/mol. The van der Waals surface area contributed by atoms with Gasteiger partial charge < -0.3 is 15.5 Å².